The van der Waals surface area contributed by atoms with Crippen molar-refractivity contribution < 1.29 is 0 Å². The van der Waals surface area contributed by atoms with Gasteiger partial charge in [0.2, 0.25) is 11.7 Å². The van der Waals surface area contributed by atoms with Crippen molar-refractivity contribution in [2.75, 3.05) is 11.1 Å². The Morgan fingerprint density at radius 2 is 1.72 bits per heavy atom. The summed E-state index contributed by atoms with van der Waals surface area (Å²) in [6.45, 7) is 1.28. The van der Waals surface area contributed by atoms with Crippen molar-refractivity contribution in [1.82, 2.24) is 19.2 Å². The monoisotopic (exact) mass is 403 g/mol. The molecule has 0 aliphatic carbocycles. The van der Waals surface area contributed by atoms with Gasteiger partial charge in [-0.05, 0) is 29.7 Å². The van der Waals surface area contributed by atoms with E-state index < -0.39 is 0 Å². The third-order valence-electron chi connectivity index (χ3n) is 5.09. The minimum absolute atomic E-state index is 0.0655. The number of hydrogen-bond acceptors (Lipinski definition) is 5. The van der Waals surface area contributed by atoms with E-state index in [2.05, 4.69) is 32.1 Å². The second kappa shape index (κ2) is 7.75. The lowest BCUT2D eigenvalue weighted by Gasteiger charge is -2.21. The number of hydrogen-bond donors (Lipinski definition) is 1. The highest BCUT2D eigenvalue weighted by molar-refractivity contribution is 7.99. The normalized spacial score (nSPS) is 13.4. The lowest BCUT2D eigenvalue weighted by Crippen LogP contribution is -2.27. The predicted octanol–water partition coefficient (Wildman–Crippen LogP) is 3.59. The number of aromatic nitrogens is 4. The van der Waals surface area contributed by atoms with Gasteiger partial charge in [-0.2, -0.15) is 9.50 Å². The third-order valence-corrected chi connectivity index (χ3v) is 6.28. The molecule has 0 fully saturated rings. The minimum atomic E-state index is -0.0655. The molecule has 6 nitrogen and oxygen atoms in total. The van der Waals surface area contributed by atoms with Crippen LogP contribution in [0, 0.1) is 0 Å². The molecule has 1 aliphatic heterocycles. The first-order valence-electron chi connectivity index (χ1n) is 9.76. The molecule has 0 saturated carbocycles. The second-order valence-corrected chi connectivity index (χ2v) is 8.20. The first-order chi connectivity index (χ1) is 14.3. The average molecular weight is 404 g/mol. The van der Waals surface area contributed by atoms with Gasteiger partial charge in [-0.1, -0.05) is 60.7 Å². The molecular formula is C22H21N5OS. The number of thioether (sulfide) groups is 1. The quantitative estimate of drug-likeness (QED) is 0.552. The lowest BCUT2D eigenvalue weighted by molar-refractivity contribution is 0.657. The largest absolute Gasteiger partial charge is 0.349 e. The summed E-state index contributed by atoms with van der Waals surface area (Å²) in [5, 5.41) is 7.74. The van der Waals surface area contributed by atoms with Gasteiger partial charge in [-0.25, -0.2) is 0 Å². The molecule has 2 aromatic carbocycles. The van der Waals surface area contributed by atoms with E-state index in [1.807, 2.05) is 48.5 Å². The second-order valence-electron chi connectivity index (χ2n) is 7.09. The Bertz CT molecular complexity index is 1200. The van der Waals surface area contributed by atoms with E-state index in [0.717, 1.165) is 34.7 Å². The van der Waals surface area contributed by atoms with Crippen LogP contribution in [-0.2, 0) is 19.5 Å². The molecule has 1 N–H and O–H groups in total. The number of nitrogens with zero attached hydrogens (tertiary/aromatic N) is 4. The summed E-state index contributed by atoms with van der Waals surface area (Å²) in [6, 6.07) is 20.4. The fourth-order valence-electron chi connectivity index (χ4n) is 3.67. The summed E-state index contributed by atoms with van der Waals surface area (Å²) in [6.07, 6.45) is 1.95. The maximum atomic E-state index is 13.1. The van der Waals surface area contributed by atoms with E-state index in [4.69, 9.17) is 0 Å². The Balaban J connectivity index is 1.58. The summed E-state index contributed by atoms with van der Waals surface area (Å²) in [5.74, 6) is 2.03. The standard InChI is InChI=1S/C22H21N5OS/c28-20-19-18(12-7-13-29-19)26(15-17-10-5-2-6-11-17)22-24-21(25-27(20)22)23-14-16-8-3-1-4-9-16/h1-6,8-11H,7,12-15H2,(H,23,25). The summed E-state index contributed by atoms with van der Waals surface area (Å²) in [5.41, 5.74) is 3.33. The smallest absolute Gasteiger partial charge is 0.289 e. The summed E-state index contributed by atoms with van der Waals surface area (Å²) >= 11 is 1.63. The van der Waals surface area contributed by atoms with Crippen LogP contribution in [0.3, 0.4) is 0 Å². The Morgan fingerprint density at radius 1 is 1.00 bits per heavy atom. The molecule has 7 heteroatoms. The van der Waals surface area contributed by atoms with Gasteiger partial charge in [0, 0.05) is 12.2 Å². The summed E-state index contributed by atoms with van der Waals surface area (Å²) in [4.78, 5) is 18.6. The van der Waals surface area contributed by atoms with Gasteiger partial charge in [-0.15, -0.1) is 16.9 Å². The van der Waals surface area contributed by atoms with Crippen LogP contribution in [0.15, 0.2) is 70.4 Å². The fraction of sp³-hybridized carbons (Fsp3) is 0.227. The molecule has 4 aromatic rings. The van der Waals surface area contributed by atoms with E-state index in [1.165, 1.54) is 10.1 Å². The predicted molar refractivity (Wildman–Crippen MR) is 116 cm³/mol. The highest BCUT2D eigenvalue weighted by Gasteiger charge is 2.23. The van der Waals surface area contributed by atoms with E-state index in [1.54, 1.807) is 11.8 Å². The first-order valence-corrected chi connectivity index (χ1v) is 10.7. The van der Waals surface area contributed by atoms with Crippen molar-refractivity contribution in [3.8, 4) is 0 Å². The molecule has 0 unspecified atom stereocenters. The molecule has 0 saturated heterocycles. The zero-order valence-corrected chi connectivity index (χ0v) is 16.7. The number of nitrogens with one attached hydrogen (secondary N) is 1. The van der Waals surface area contributed by atoms with Gasteiger partial charge in [0.25, 0.3) is 5.56 Å². The maximum Gasteiger partial charge on any atom is 0.289 e. The van der Waals surface area contributed by atoms with Crippen LogP contribution in [0.2, 0.25) is 0 Å². The SMILES string of the molecule is O=c1c2c(n(Cc3ccccc3)c3nc(NCc4ccccc4)nn13)CCCS2. The van der Waals surface area contributed by atoms with E-state index in [-0.39, 0.29) is 5.56 Å². The van der Waals surface area contributed by atoms with Gasteiger partial charge >= 0.3 is 0 Å². The zero-order chi connectivity index (χ0) is 19.6. The Hall–Kier alpha value is -3.06. The topological polar surface area (TPSA) is 64.2 Å². The minimum Gasteiger partial charge on any atom is -0.349 e. The fourth-order valence-corrected chi connectivity index (χ4v) is 4.75. The Kier molecular flexibility index (Phi) is 4.81. The van der Waals surface area contributed by atoms with Crippen LogP contribution < -0.4 is 10.9 Å². The Morgan fingerprint density at radius 3 is 2.48 bits per heavy atom. The third kappa shape index (κ3) is 3.53. The molecule has 146 valence electrons. The van der Waals surface area contributed by atoms with Crippen LogP contribution >= 0.6 is 11.8 Å². The van der Waals surface area contributed by atoms with E-state index in [0.29, 0.717) is 24.8 Å². The molecule has 1 aliphatic rings. The first kappa shape index (κ1) is 18.0. The van der Waals surface area contributed by atoms with Crippen LogP contribution in [0.25, 0.3) is 5.78 Å². The summed E-state index contributed by atoms with van der Waals surface area (Å²) in [7, 11) is 0. The highest BCUT2D eigenvalue weighted by atomic mass is 32.2. The molecule has 0 spiro atoms. The number of anilines is 1. The van der Waals surface area contributed by atoms with Gasteiger partial charge in [0.1, 0.15) is 0 Å². The molecule has 2 aromatic heterocycles. The number of fused-ring (bicyclic) bond motifs is 2. The van der Waals surface area contributed by atoms with E-state index >= 15 is 0 Å². The molecular weight excluding hydrogens is 382 g/mol. The van der Waals surface area contributed by atoms with Crippen LogP contribution in [0.4, 0.5) is 5.95 Å². The van der Waals surface area contributed by atoms with Crippen LogP contribution in [0.1, 0.15) is 23.2 Å². The van der Waals surface area contributed by atoms with Gasteiger partial charge in [-0.3, -0.25) is 4.79 Å². The van der Waals surface area contributed by atoms with Crippen molar-refractivity contribution in [3.63, 3.8) is 0 Å². The molecule has 3 heterocycles. The maximum absolute atomic E-state index is 13.1. The van der Waals surface area contributed by atoms with Crippen LogP contribution in [-0.4, -0.2) is 24.9 Å². The van der Waals surface area contributed by atoms with Crippen molar-refractivity contribution >= 4 is 23.5 Å². The van der Waals surface area contributed by atoms with Crippen molar-refractivity contribution in [3.05, 3.63) is 87.8 Å². The van der Waals surface area contributed by atoms with Gasteiger partial charge < -0.3 is 9.88 Å². The van der Waals surface area contributed by atoms with Crippen molar-refractivity contribution in [1.29, 1.82) is 0 Å². The molecule has 0 bridgehead atoms. The molecule has 0 atom stereocenters. The summed E-state index contributed by atoms with van der Waals surface area (Å²) < 4.78 is 3.60. The molecule has 5 rings (SSSR count). The van der Waals surface area contributed by atoms with E-state index in [9.17, 15) is 4.79 Å². The van der Waals surface area contributed by atoms with Gasteiger partial charge in [0.05, 0.1) is 11.4 Å². The zero-order valence-electron chi connectivity index (χ0n) is 15.9. The molecule has 29 heavy (non-hydrogen) atoms. The van der Waals surface area contributed by atoms with Crippen LogP contribution in [0.5, 0.6) is 0 Å². The number of rotatable bonds is 5. The van der Waals surface area contributed by atoms with Gasteiger partial charge in [0.15, 0.2) is 0 Å². The average Bonchev–Trinajstić information content (AvgIpc) is 3.21. The lowest BCUT2D eigenvalue weighted by atomic mass is 10.2. The molecule has 0 radical (unpaired) electrons. The highest BCUT2D eigenvalue weighted by Crippen LogP contribution is 2.28. The van der Waals surface area contributed by atoms with Crippen molar-refractivity contribution in [2.24, 2.45) is 0 Å². The Labute approximate surface area is 172 Å². The molecule has 0 amide bonds. The number of benzene rings is 2. The van der Waals surface area contributed by atoms with Crippen molar-refractivity contribution in [2.45, 2.75) is 30.8 Å².